The summed E-state index contributed by atoms with van der Waals surface area (Å²) in [4.78, 5) is 29.9. The fourth-order valence-corrected chi connectivity index (χ4v) is 5.12. The summed E-state index contributed by atoms with van der Waals surface area (Å²) >= 11 is 0. The summed E-state index contributed by atoms with van der Waals surface area (Å²) in [6.45, 7) is 2.28. The second-order valence-electron chi connectivity index (χ2n) is 10.2. The normalized spacial score (nSPS) is 16.8. The van der Waals surface area contributed by atoms with Gasteiger partial charge in [-0.2, -0.15) is 0 Å². The molecule has 4 rings (SSSR count). The van der Waals surface area contributed by atoms with Gasteiger partial charge in [0.2, 0.25) is 5.91 Å². The zero-order valence-corrected chi connectivity index (χ0v) is 21.4. The van der Waals surface area contributed by atoms with Crippen molar-refractivity contribution in [2.24, 2.45) is 0 Å². The molecule has 1 aromatic heterocycles. The molecule has 1 aliphatic rings. The number of aromatic amines is 1. The number of alkyl carbamates (subject to hydrolysis) is 1. The van der Waals surface area contributed by atoms with Crippen LogP contribution in [0.15, 0.2) is 60.8 Å². The molecule has 3 aromatic rings. The maximum absolute atomic E-state index is 13.5. The second kappa shape index (κ2) is 12.6. The Labute approximate surface area is 214 Å². The lowest BCUT2D eigenvalue weighted by atomic mass is 9.91. The lowest BCUT2D eigenvalue weighted by Gasteiger charge is -2.30. The number of para-hydroxylation sites is 1. The number of amides is 2. The molecule has 0 radical (unpaired) electrons. The summed E-state index contributed by atoms with van der Waals surface area (Å²) in [5.41, 5.74) is 1.99. The maximum atomic E-state index is 13.5. The van der Waals surface area contributed by atoms with Crippen LogP contribution >= 0.6 is 0 Å². The van der Waals surface area contributed by atoms with Crippen molar-refractivity contribution < 1.29 is 14.3 Å². The summed E-state index contributed by atoms with van der Waals surface area (Å²) in [5.74, 6) is -0.213. The summed E-state index contributed by atoms with van der Waals surface area (Å²) in [6.07, 6.45) is 11.2. The number of benzene rings is 2. The van der Waals surface area contributed by atoms with Crippen LogP contribution in [-0.4, -0.2) is 35.2 Å². The van der Waals surface area contributed by atoms with Crippen LogP contribution < -0.4 is 10.6 Å². The van der Waals surface area contributed by atoms with E-state index in [-0.39, 0.29) is 12.0 Å². The Kier molecular flexibility index (Phi) is 9.04. The van der Waals surface area contributed by atoms with Gasteiger partial charge in [-0.15, -0.1) is 0 Å². The predicted molar refractivity (Wildman–Crippen MR) is 144 cm³/mol. The number of carbonyl (C=O) groups excluding carboxylic acids is 2. The first-order valence-corrected chi connectivity index (χ1v) is 13.4. The summed E-state index contributed by atoms with van der Waals surface area (Å²) < 4.78 is 5.87. The number of nitrogens with one attached hydrogen (secondary N) is 3. The molecular weight excluding hydrogens is 450 g/mol. The van der Waals surface area contributed by atoms with E-state index in [0.29, 0.717) is 13.0 Å². The minimum absolute atomic E-state index is 0.0958. The zero-order chi connectivity index (χ0) is 25.2. The number of carbonyl (C=O) groups is 2. The third kappa shape index (κ3) is 7.12. The second-order valence-corrected chi connectivity index (χ2v) is 10.2. The number of aromatic nitrogens is 1. The van der Waals surface area contributed by atoms with Crippen molar-refractivity contribution in [2.45, 2.75) is 82.8 Å². The van der Waals surface area contributed by atoms with E-state index in [0.717, 1.165) is 54.1 Å². The van der Waals surface area contributed by atoms with Crippen LogP contribution in [0.2, 0.25) is 0 Å². The molecule has 6 nitrogen and oxygen atoms in total. The van der Waals surface area contributed by atoms with E-state index < -0.39 is 11.6 Å². The largest absolute Gasteiger partial charge is 0.446 e. The van der Waals surface area contributed by atoms with Gasteiger partial charge in [-0.1, -0.05) is 74.2 Å². The SMILES string of the molecule is C[C@@](Cc1c[nH]c2ccccc12)(NC(=O)OC1CCCCCCCC1)C(=O)NCCc1ccccc1. The molecule has 36 heavy (non-hydrogen) atoms. The molecule has 1 atom stereocenters. The monoisotopic (exact) mass is 489 g/mol. The van der Waals surface area contributed by atoms with E-state index >= 15 is 0 Å². The molecule has 1 heterocycles. The summed E-state index contributed by atoms with van der Waals surface area (Å²) in [5, 5.41) is 7.05. The van der Waals surface area contributed by atoms with Crippen LogP contribution in [0, 0.1) is 0 Å². The van der Waals surface area contributed by atoms with E-state index in [1.54, 1.807) is 6.92 Å². The highest BCUT2D eigenvalue weighted by Crippen LogP contribution is 2.24. The van der Waals surface area contributed by atoms with Crippen LogP contribution in [0.3, 0.4) is 0 Å². The number of hydrogen-bond acceptors (Lipinski definition) is 3. The van der Waals surface area contributed by atoms with Gasteiger partial charge >= 0.3 is 6.09 Å². The predicted octanol–water partition coefficient (Wildman–Crippen LogP) is 6.06. The fraction of sp³-hybridized carbons (Fsp3) is 0.467. The van der Waals surface area contributed by atoms with Crippen molar-refractivity contribution in [1.82, 2.24) is 15.6 Å². The molecule has 0 saturated heterocycles. The Balaban J connectivity index is 1.45. The fourth-order valence-electron chi connectivity index (χ4n) is 5.12. The topological polar surface area (TPSA) is 83.2 Å². The standard InChI is InChI=1S/C30H39N3O3/c1-30(21-24-22-32-27-18-12-11-17-26(24)27,28(34)31-20-19-23-13-7-6-8-14-23)33-29(35)36-25-15-9-4-2-3-5-10-16-25/h6-8,11-14,17-18,22,25,32H,2-5,9-10,15-16,19-21H2,1H3,(H,31,34)(H,33,35)/t30-/m0/s1. The molecule has 1 saturated carbocycles. The number of hydrogen-bond donors (Lipinski definition) is 3. The molecule has 1 fully saturated rings. The first-order valence-electron chi connectivity index (χ1n) is 13.4. The molecule has 0 bridgehead atoms. The minimum atomic E-state index is -1.16. The molecule has 0 unspecified atom stereocenters. The lowest BCUT2D eigenvalue weighted by molar-refractivity contribution is -0.126. The van der Waals surface area contributed by atoms with Crippen molar-refractivity contribution >= 4 is 22.9 Å². The molecule has 0 spiro atoms. The zero-order valence-electron chi connectivity index (χ0n) is 21.4. The third-order valence-electron chi connectivity index (χ3n) is 7.22. The van der Waals surface area contributed by atoms with Gasteiger partial charge in [-0.05, 0) is 56.2 Å². The van der Waals surface area contributed by atoms with Gasteiger partial charge in [0.05, 0.1) is 0 Å². The average molecular weight is 490 g/mol. The number of fused-ring (bicyclic) bond motifs is 1. The quantitative estimate of drug-likeness (QED) is 0.360. The van der Waals surface area contributed by atoms with Gasteiger partial charge in [-0.25, -0.2) is 4.79 Å². The van der Waals surface area contributed by atoms with E-state index in [9.17, 15) is 9.59 Å². The summed E-state index contributed by atoms with van der Waals surface area (Å²) in [7, 11) is 0. The Hall–Kier alpha value is -3.28. The number of ether oxygens (including phenoxy) is 1. The molecule has 6 heteroatoms. The van der Waals surface area contributed by atoms with E-state index in [1.807, 2.05) is 60.8 Å². The van der Waals surface area contributed by atoms with Crippen molar-refractivity contribution in [3.8, 4) is 0 Å². The molecule has 2 aromatic carbocycles. The highest BCUT2D eigenvalue weighted by Gasteiger charge is 2.37. The van der Waals surface area contributed by atoms with Gasteiger partial charge in [0.15, 0.2) is 0 Å². The Morgan fingerprint density at radius 1 is 0.944 bits per heavy atom. The lowest BCUT2D eigenvalue weighted by Crippen LogP contribution is -2.58. The Bertz CT molecular complexity index is 1120. The number of rotatable bonds is 8. The van der Waals surface area contributed by atoms with Crippen LogP contribution in [0.4, 0.5) is 4.79 Å². The first-order chi connectivity index (χ1) is 17.5. The molecule has 1 aliphatic carbocycles. The molecule has 3 N–H and O–H groups in total. The van der Waals surface area contributed by atoms with Gasteiger partial charge < -0.3 is 20.4 Å². The minimum Gasteiger partial charge on any atom is -0.446 e. The number of H-pyrrole nitrogens is 1. The highest BCUT2D eigenvalue weighted by molar-refractivity contribution is 5.91. The highest BCUT2D eigenvalue weighted by atomic mass is 16.6. The van der Waals surface area contributed by atoms with Crippen LogP contribution in [-0.2, 0) is 22.4 Å². The van der Waals surface area contributed by atoms with Crippen molar-refractivity contribution in [1.29, 1.82) is 0 Å². The van der Waals surface area contributed by atoms with Gasteiger partial charge in [0.1, 0.15) is 11.6 Å². The van der Waals surface area contributed by atoms with E-state index in [4.69, 9.17) is 4.74 Å². The van der Waals surface area contributed by atoms with Crippen molar-refractivity contribution in [2.75, 3.05) is 6.54 Å². The molecular formula is C30H39N3O3. The van der Waals surface area contributed by atoms with Crippen LogP contribution in [0.25, 0.3) is 10.9 Å². The van der Waals surface area contributed by atoms with Gasteiger partial charge in [0, 0.05) is 30.1 Å². The van der Waals surface area contributed by atoms with E-state index in [2.05, 4.69) is 15.6 Å². The van der Waals surface area contributed by atoms with Crippen molar-refractivity contribution in [3.05, 3.63) is 71.9 Å². The van der Waals surface area contributed by atoms with Gasteiger partial charge in [-0.3, -0.25) is 4.79 Å². The van der Waals surface area contributed by atoms with E-state index in [1.165, 1.54) is 25.7 Å². The van der Waals surface area contributed by atoms with Crippen LogP contribution in [0.5, 0.6) is 0 Å². The third-order valence-corrected chi connectivity index (χ3v) is 7.22. The Morgan fingerprint density at radius 3 is 2.36 bits per heavy atom. The maximum Gasteiger partial charge on any atom is 0.408 e. The Morgan fingerprint density at radius 2 is 1.61 bits per heavy atom. The molecule has 2 amide bonds. The molecule has 0 aliphatic heterocycles. The molecule has 192 valence electrons. The van der Waals surface area contributed by atoms with Crippen LogP contribution in [0.1, 0.15) is 69.4 Å². The summed E-state index contributed by atoms with van der Waals surface area (Å²) in [6, 6.07) is 18.1. The van der Waals surface area contributed by atoms with Crippen molar-refractivity contribution in [3.63, 3.8) is 0 Å². The van der Waals surface area contributed by atoms with Gasteiger partial charge in [0.25, 0.3) is 0 Å². The smallest absolute Gasteiger partial charge is 0.408 e. The average Bonchev–Trinajstić information content (AvgIpc) is 3.33. The first kappa shape index (κ1) is 25.8.